The highest BCUT2D eigenvalue weighted by Gasteiger charge is 2.18. The minimum absolute atomic E-state index is 0.178. The Morgan fingerprint density at radius 3 is 2.27 bits per heavy atom. The number of carboxylic acid groups (broad SMARTS) is 1. The van der Waals surface area contributed by atoms with Gasteiger partial charge in [0.25, 0.3) is 0 Å². The van der Waals surface area contributed by atoms with E-state index in [2.05, 4.69) is 0 Å². The number of carbonyl (C=O) groups is 2. The van der Waals surface area contributed by atoms with Crippen LogP contribution in [0.5, 0.6) is 0 Å². The minimum Gasteiger partial charge on any atom is -0.479 e. The zero-order chi connectivity index (χ0) is 11.4. The smallest absolute Gasteiger partial charge is 0.332 e. The number of hydrogen-bond donors (Lipinski definition) is 2. The normalized spacial score (nSPS) is 12.1. The maximum absolute atomic E-state index is 12.5. The number of aliphatic hydroxyl groups excluding tert-OH is 1. The van der Waals surface area contributed by atoms with E-state index in [9.17, 15) is 14.0 Å². The molecule has 0 aliphatic rings. The second kappa shape index (κ2) is 4.65. The molecular weight excluding hydrogens is 203 g/mol. The molecule has 4 nitrogen and oxygen atoms in total. The lowest BCUT2D eigenvalue weighted by Crippen LogP contribution is -2.23. The molecule has 2 N–H and O–H groups in total. The van der Waals surface area contributed by atoms with Crippen molar-refractivity contribution in [1.82, 2.24) is 0 Å². The lowest BCUT2D eigenvalue weighted by Gasteiger charge is -2.04. The highest BCUT2D eigenvalue weighted by atomic mass is 19.1. The van der Waals surface area contributed by atoms with Crippen LogP contribution in [0.1, 0.15) is 16.8 Å². The summed E-state index contributed by atoms with van der Waals surface area (Å²) in [6.45, 7) is 0. The van der Waals surface area contributed by atoms with Gasteiger partial charge in [-0.3, -0.25) is 4.79 Å². The summed E-state index contributed by atoms with van der Waals surface area (Å²) < 4.78 is 12.5. The lowest BCUT2D eigenvalue weighted by molar-refractivity contribution is -0.146. The Bertz CT molecular complexity index is 372. The summed E-state index contributed by atoms with van der Waals surface area (Å²) in [7, 11) is 0. The van der Waals surface area contributed by atoms with Crippen molar-refractivity contribution in [1.29, 1.82) is 0 Å². The monoisotopic (exact) mass is 212 g/mol. The van der Waals surface area contributed by atoms with Crippen molar-refractivity contribution in [2.24, 2.45) is 0 Å². The molecule has 0 aliphatic heterocycles. The van der Waals surface area contributed by atoms with Crippen LogP contribution >= 0.6 is 0 Å². The number of halogens is 1. The quantitative estimate of drug-likeness (QED) is 0.725. The average molecular weight is 212 g/mol. The molecule has 0 amide bonds. The Kier molecular flexibility index (Phi) is 3.51. The molecule has 0 fully saturated rings. The number of ketones is 1. The Morgan fingerprint density at radius 2 is 1.80 bits per heavy atom. The first-order chi connectivity index (χ1) is 7.00. The maximum Gasteiger partial charge on any atom is 0.332 e. The molecule has 80 valence electrons. The molecule has 1 atom stereocenters. The summed E-state index contributed by atoms with van der Waals surface area (Å²) in [6.07, 6.45) is -2.23. The number of rotatable bonds is 4. The molecule has 0 unspecified atom stereocenters. The summed E-state index contributed by atoms with van der Waals surface area (Å²) in [5, 5.41) is 17.3. The summed E-state index contributed by atoms with van der Waals surface area (Å²) in [6, 6.07) is 4.68. The molecule has 15 heavy (non-hydrogen) atoms. The van der Waals surface area contributed by atoms with Gasteiger partial charge in [-0.25, -0.2) is 9.18 Å². The second-order valence-electron chi connectivity index (χ2n) is 2.99. The van der Waals surface area contributed by atoms with Gasteiger partial charge in [0.05, 0.1) is 0 Å². The van der Waals surface area contributed by atoms with Gasteiger partial charge in [0.15, 0.2) is 11.9 Å². The molecule has 0 saturated carbocycles. The van der Waals surface area contributed by atoms with Gasteiger partial charge in [-0.2, -0.15) is 0 Å². The minimum atomic E-state index is -1.72. The highest BCUT2D eigenvalue weighted by Crippen LogP contribution is 2.07. The second-order valence-corrected chi connectivity index (χ2v) is 2.99. The number of aliphatic hydroxyl groups is 1. The highest BCUT2D eigenvalue weighted by molar-refractivity contribution is 5.98. The fraction of sp³-hybridized carbons (Fsp3) is 0.200. The van der Waals surface area contributed by atoms with E-state index in [4.69, 9.17) is 10.2 Å². The first-order valence-electron chi connectivity index (χ1n) is 4.20. The van der Waals surface area contributed by atoms with E-state index < -0.39 is 30.1 Å². The van der Waals surface area contributed by atoms with Gasteiger partial charge in [-0.1, -0.05) is 0 Å². The lowest BCUT2D eigenvalue weighted by atomic mass is 10.1. The van der Waals surface area contributed by atoms with Gasteiger partial charge in [0.2, 0.25) is 0 Å². The van der Waals surface area contributed by atoms with E-state index in [0.29, 0.717) is 0 Å². The number of Topliss-reactive ketones (excluding diaryl/α,β-unsaturated/α-hetero) is 1. The molecule has 0 heterocycles. The van der Waals surface area contributed by atoms with E-state index >= 15 is 0 Å². The summed E-state index contributed by atoms with van der Waals surface area (Å²) in [5.74, 6) is -2.47. The molecule has 1 aromatic carbocycles. The van der Waals surface area contributed by atoms with Crippen LogP contribution in [0, 0.1) is 5.82 Å². The fourth-order valence-electron chi connectivity index (χ4n) is 1.02. The van der Waals surface area contributed by atoms with Crippen molar-refractivity contribution in [2.45, 2.75) is 12.5 Å². The van der Waals surface area contributed by atoms with E-state index in [-0.39, 0.29) is 5.56 Å². The zero-order valence-electron chi connectivity index (χ0n) is 7.68. The Labute approximate surface area is 85.0 Å². The summed E-state index contributed by atoms with van der Waals surface area (Å²) in [4.78, 5) is 21.6. The maximum atomic E-state index is 12.5. The van der Waals surface area contributed by atoms with Crippen molar-refractivity contribution in [3.05, 3.63) is 35.6 Å². The Hall–Kier alpha value is -1.75. The zero-order valence-corrected chi connectivity index (χ0v) is 7.68. The first kappa shape index (κ1) is 11.3. The molecule has 0 radical (unpaired) electrons. The van der Waals surface area contributed by atoms with Crippen molar-refractivity contribution in [3.8, 4) is 0 Å². The van der Waals surface area contributed by atoms with E-state index in [1.54, 1.807) is 0 Å². The molecule has 0 spiro atoms. The van der Waals surface area contributed by atoms with Gasteiger partial charge in [0, 0.05) is 12.0 Å². The van der Waals surface area contributed by atoms with E-state index in [1.165, 1.54) is 12.1 Å². The molecule has 1 aromatic rings. The molecule has 0 bridgehead atoms. The van der Waals surface area contributed by atoms with Crippen LogP contribution in [0.3, 0.4) is 0 Å². The third-order valence-corrected chi connectivity index (χ3v) is 1.83. The van der Waals surface area contributed by atoms with Crippen molar-refractivity contribution in [3.63, 3.8) is 0 Å². The van der Waals surface area contributed by atoms with Gasteiger partial charge < -0.3 is 10.2 Å². The topological polar surface area (TPSA) is 74.6 Å². The number of benzene rings is 1. The van der Waals surface area contributed by atoms with Crippen LogP contribution in [0.25, 0.3) is 0 Å². The Morgan fingerprint density at radius 1 is 1.27 bits per heavy atom. The number of carbonyl (C=O) groups excluding carboxylic acids is 1. The third kappa shape index (κ3) is 3.14. The van der Waals surface area contributed by atoms with Crippen LogP contribution in [0.15, 0.2) is 24.3 Å². The van der Waals surface area contributed by atoms with Crippen LogP contribution in [0.2, 0.25) is 0 Å². The molecule has 5 heteroatoms. The van der Waals surface area contributed by atoms with Crippen LogP contribution < -0.4 is 0 Å². The van der Waals surface area contributed by atoms with Crippen molar-refractivity contribution < 1.29 is 24.2 Å². The number of hydrogen-bond acceptors (Lipinski definition) is 3. The molecule has 1 rings (SSSR count). The molecule has 0 aromatic heterocycles. The molecule has 0 saturated heterocycles. The molecular formula is C10H9FO4. The third-order valence-electron chi connectivity index (χ3n) is 1.83. The van der Waals surface area contributed by atoms with Crippen molar-refractivity contribution in [2.75, 3.05) is 0 Å². The van der Waals surface area contributed by atoms with Gasteiger partial charge >= 0.3 is 5.97 Å². The standard InChI is InChI=1S/C10H9FO4/c11-7-3-1-6(2-4-7)8(12)5-9(13)10(14)15/h1-4,9,13H,5H2,(H,14,15)/t9-/m0/s1. The molecule has 0 aliphatic carbocycles. The largest absolute Gasteiger partial charge is 0.479 e. The average Bonchev–Trinajstić information content (AvgIpc) is 2.18. The van der Waals surface area contributed by atoms with E-state index in [1.807, 2.05) is 0 Å². The fourth-order valence-corrected chi connectivity index (χ4v) is 1.02. The summed E-state index contributed by atoms with van der Waals surface area (Å²) >= 11 is 0. The predicted molar refractivity (Wildman–Crippen MR) is 49.0 cm³/mol. The Balaban J connectivity index is 2.69. The first-order valence-corrected chi connectivity index (χ1v) is 4.20. The van der Waals surface area contributed by atoms with E-state index in [0.717, 1.165) is 12.1 Å². The predicted octanol–water partition coefficient (Wildman–Crippen LogP) is 0.844. The SMILES string of the molecule is O=C(C[C@H](O)C(=O)O)c1ccc(F)cc1. The van der Waals surface area contributed by atoms with Gasteiger partial charge in [-0.15, -0.1) is 0 Å². The number of aliphatic carboxylic acids is 1. The number of carboxylic acids is 1. The van der Waals surface area contributed by atoms with Crippen LogP contribution in [-0.2, 0) is 4.79 Å². The van der Waals surface area contributed by atoms with Gasteiger partial charge in [-0.05, 0) is 24.3 Å². The van der Waals surface area contributed by atoms with Crippen molar-refractivity contribution >= 4 is 11.8 Å². The van der Waals surface area contributed by atoms with Gasteiger partial charge in [0.1, 0.15) is 5.82 Å². The van der Waals surface area contributed by atoms with Crippen LogP contribution in [-0.4, -0.2) is 28.1 Å². The summed E-state index contributed by atoms with van der Waals surface area (Å²) in [5.41, 5.74) is 0.178. The van der Waals surface area contributed by atoms with Crippen LogP contribution in [0.4, 0.5) is 4.39 Å².